The lowest BCUT2D eigenvalue weighted by Gasteiger charge is -2.29. The van der Waals surface area contributed by atoms with Crippen LogP contribution in [0.15, 0.2) is 17.9 Å². The quantitative estimate of drug-likeness (QED) is 0.941. The lowest BCUT2D eigenvalue weighted by molar-refractivity contribution is 0.329. The van der Waals surface area contributed by atoms with E-state index < -0.39 is 0 Å². The van der Waals surface area contributed by atoms with Crippen LogP contribution in [-0.4, -0.2) is 20.6 Å². The molecular formula is C15H22N4S. The first-order chi connectivity index (χ1) is 9.72. The first-order valence-corrected chi connectivity index (χ1v) is 8.27. The number of hydrogen-bond acceptors (Lipinski definition) is 4. The molecular weight excluding hydrogens is 268 g/mol. The molecule has 20 heavy (non-hydrogen) atoms. The van der Waals surface area contributed by atoms with Crippen LogP contribution in [0.2, 0.25) is 0 Å². The van der Waals surface area contributed by atoms with E-state index in [4.69, 9.17) is 0 Å². The lowest BCUT2D eigenvalue weighted by Crippen LogP contribution is -2.35. The molecule has 1 saturated heterocycles. The zero-order valence-corrected chi connectivity index (χ0v) is 13.0. The summed E-state index contributed by atoms with van der Waals surface area (Å²) < 4.78 is 2.28. The molecule has 3 heterocycles. The van der Waals surface area contributed by atoms with Crippen LogP contribution in [0.4, 0.5) is 0 Å². The van der Waals surface area contributed by atoms with Gasteiger partial charge in [-0.25, -0.2) is 9.97 Å². The van der Waals surface area contributed by atoms with Crippen LogP contribution in [0.1, 0.15) is 48.6 Å². The Morgan fingerprint density at radius 3 is 3.10 bits per heavy atom. The monoisotopic (exact) mass is 290 g/mol. The molecule has 1 N–H and O–H groups in total. The van der Waals surface area contributed by atoms with E-state index >= 15 is 0 Å². The largest absolute Gasteiger partial charge is 0.333 e. The summed E-state index contributed by atoms with van der Waals surface area (Å²) >= 11 is 1.73. The van der Waals surface area contributed by atoms with E-state index in [0.717, 1.165) is 18.0 Å². The molecule has 0 saturated carbocycles. The maximum atomic E-state index is 4.53. The van der Waals surface area contributed by atoms with Gasteiger partial charge in [0, 0.05) is 36.6 Å². The third-order valence-electron chi connectivity index (χ3n) is 3.99. The molecule has 1 aliphatic rings. The average molecular weight is 290 g/mol. The predicted octanol–water partition coefficient (Wildman–Crippen LogP) is 3.09. The van der Waals surface area contributed by atoms with E-state index in [2.05, 4.69) is 39.1 Å². The topological polar surface area (TPSA) is 42.7 Å². The molecule has 0 aromatic carbocycles. The van der Waals surface area contributed by atoms with Gasteiger partial charge < -0.3 is 9.88 Å². The van der Waals surface area contributed by atoms with Crippen molar-refractivity contribution in [3.8, 4) is 0 Å². The van der Waals surface area contributed by atoms with Crippen LogP contribution < -0.4 is 5.32 Å². The van der Waals surface area contributed by atoms with Crippen molar-refractivity contribution >= 4 is 11.3 Å². The maximum absolute atomic E-state index is 4.53. The standard InChI is InChI=1S/C15H22N4S/c1-11-4-3-5-14(17-11)15-8-16-10-19(15)7-6-13-9-20-12(2)18-13/h8-11,14,17H,3-7H2,1-2H3. The Hall–Kier alpha value is -1.20. The maximum Gasteiger partial charge on any atom is 0.0948 e. The minimum Gasteiger partial charge on any atom is -0.333 e. The summed E-state index contributed by atoms with van der Waals surface area (Å²) in [6.07, 6.45) is 8.75. The highest BCUT2D eigenvalue weighted by molar-refractivity contribution is 7.09. The number of piperidine rings is 1. The Balaban J connectivity index is 1.67. The van der Waals surface area contributed by atoms with Crippen molar-refractivity contribution in [3.63, 3.8) is 0 Å². The van der Waals surface area contributed by atoms with E-state index in [-0.39, 0.29) is 0 Å². The first kappa shape index (κ1) is 13.8. The molecule has 108 valence electrons. The third-order valence-corrected chi connectivity index (χ3v) is 4.81. The molecule has 0 bridgehead atoms. The zero-order chi connectivity index (χ0) is 13.9. The number of imidazole rings is 1. The summed E-state index contributed by atoms with van der Waals surface area (Å²) in [5.41, 5.74) is 2.51. The number of thiazole rings is 1. The highest BCUT2D eigenvalue weighted by Gasteiger charge is 2.22. The van der Waals surface area contributed by atoms with Gasteiger partial charge in [-0.2, -0.15) is 0 Å². The third kappa shape index (κ3) is 3.10. The SMILES string of the molecule is Cc1nc(CCn2cncc2C2CCCC(C)N2)cs1. The van der Waals surface area contributed by atoms with Crippen LogP contribution in [0, 0.1) is 6.92 Å². The van der Waals surface area contributed by atoms with Gasteiger partial charge in [0.2, 0.25) is 0 Å². The number of aryl methyl sites for hydroxylation is 3. The molecule has 0 radical (unpaired) electrons. The Bertz CT molecular complexity index is 560. The number of rotatable bonds is 4. The van der Waals surface area contributed by atoms with Crippen molar-refractivity contribution in [2.45, 2.75) is 58.2 Å². The zero-order valence-electron chi connectivity index (χ0n) is 12.2. The molecule has 1 fully saturated rings. The van der Waals surface area contributed by atoms with Crippen molar-refractivity contribution in [1.29, 1.82) is 0 Å². The summed E-state index contributed by atoms with van der Waals surface area (Å²) in [6.45, 7) is 5.29. The Morgan fingerprint density at radius 1 is 1.45 bits per heavy atom. The van der Waals surface area contributed by atoms with Crippen LogP contribution in [0.3, 0.4) is 0 Å². The van der Waals surface area contributed by atoms with Crippen molar-refractivity contribution in [2.24, 2.45) is 0 Å². The summed E-state index contributed by atoms with van der Waals surface area (Å²) in [7, 11) is 0. The summed E-state index contributed by atoms with van der Waals surface area (Å²) in [5, 5.41) is 6.99. The van der Waals surface area contributed by atoms with Crippen molar-refractivity contribution in [1.82, 2.24) is 19.9 Å². The molecule has 2 aromatic heterocycles. The van der Waals surface area contributed by atoms with Crippen molar-refractivity contribution < 1.29 is 0 Å². The fourth-order valence-corrected chi connectivity index (χ4v) is 3.58. The normalized spacial score (nSPS) is 23.1. The van der Waals surface area contributed by atoms with Gasteiger partial charge in [0.15, 0.2) is 0 Å². The number of nitrogens with zero attached hydrogens (tertiary/aromatic N) is 3. The second-order valence-electron chi connectivity index (χ2n) is 5.67. The molecule has 0 aliphatic carbocycles. The molecule has 2 atom stereocenters. The molecule has 2 unspecified atom stereocenters. The van der Waals surface area contributed by atoms with Crippen molar-refractivity contribution in [3.05, 3.63) is 34.3 Å². The summed E-state index contributed by atoms with van der Waals surface area (Å²) in [5.74, 6) is 0. The Kier molecular flexibility index (Phi) is 4.17. The lowest BCUT2D eigenvalue weighted by atomic mass is 9.97. The van der Waals surface area contributed by atoms with Crippen LogP contribution >= 0.6 is 11.3 Å². The van der Waals surface area contributed by atoms with Gasteiger partial charge >= 0.3 is 0 Å². The van der Waals surface area contributed by atoms with Gasteiger partial charge in [0.25, 0.3) is 0 Å². The van der Waals surface area contributed by atoms with Gasteiger partial charge in [0.1, 0.15) is 0 Å². The highest BCUT2D eigenvalue weighted by Crippen LogP contribution is 2.25. The fourth-order valence-electron chi connectivity index (χ4n) is 2.94. The molecule has 0 amide bonds. The fraction of sp³-hybridized carbons (Fsp3) is 0.600. The minimum atomic E-state index is 0.457. The molecule has 4 nitrogen and oxygen atoms in total. The Labute approximate surface area is 124 Å². The van der Waals surface area contributed by atoms with Gasteiger partial charge in [0.05, 0.1) is 22.7 Å². The molecule has 2 aromatic rings. The summed E-state index contributed by atoms with van der Waals surface area (Å²) in [4.78, 5) is 8.88. The summed E-state index contributed by atoms with van der Waals surface area (Å²) in [6, 6.07) is 1.07. The van der Waals surface area contributed by atoms with E-state index in [1.807, 2.05) is 12.5 Å². The van der Waals surface area contributed by atoms with Gasteiger partial charge in [-0.1, -0.05) is 0 Å². The number of nitrogens with one attached hydrogen (secondary N) is 1. The Morgan fingerprint density at radius 2 is 2.35 bits per heavy atom. The molecule has 0 spiro atoms. The van der Waals surface area contributed by atoms with Crippen molar-refractivity contribution in [2.75, 3.05) is 0 Å². The van der Waals surface area contributed by atoms with E-state index in [9.17, 15) is 0 Å². The van der Waals surface area contributed by atoms with E-state index in [0.29, 0.717) is 12.1 Å². The molecule has 1 aliphatic heterocycles. The van der Waals surface area contributed by atoms with Gasteiger partial charge in [-0.15, -0.1) is 11.3 Å². The number of hydrogen-bond donors (Lipinski definition) is 1. The van der Waals surface area contributed by atoms with E-state index in [1.54, 1.807) is 11.3 Å². The smallest absolute Gasteiger partial charge is 0.0948 e. The van der Waals surface area contributed by atoms with Crippen LogP contribution in [0.25, 0.3) is 0 Å². The average Bonchev–Trinajstić information content (AvgIpc) is 3.05. The van der Waals surface area contributed by atoms with Gasteiger partial charge in [-0.05, 0) is 33.1 Å². The molecule has 3 rings (SSSR count). The van der Waals surface area contributed by atoms with Crippen LogP contribution in [-0.2, 0) is 13.0 Å². The van der Waals surface area contributed by atoms with Gasteiger partial charge in [-0.3, -0.25) is 0 Å². The number of aromatic nitrogens is 3. The van der Waals surface area contributed by atoms with E-state index in [1.165, 1.54) is 30.7 Å². The predicted molar refractivity (Wildman–Crippen MR) is 82.0 cm³/mol. The first-order valence-electron chi connectivity index (χ1n) is 7.39. The van der Waals surface area contributed by atoms with Crippen LogP contribution in [0.5, 0.6) is 0 Å². The second kappa shape index (κ2) is 6.06. The highest BCUT2D eigenvalue weighted by atomic mass is 32.1. The second-order valence-corrected chi connectivity index (χ2v) is 6.73. The molecule has 5 heteroatoms. The minimum absolute atomic E-state index is 0.457.